The fraction of sp³-hybridized carbons (Fsp3) is 0.429. The van der Waals surface area contributed by atoms with Crippen molar-refractivity contribution in [1.29, 1.82) is 0 Å². The van der Waals surface area contributed by atoms with Gasteiger partial charge in [-0.15, -0.1) is 0 Å². The molecule has 3 aromatic rings. The number of pyridine rings is 1. The van der Waals surface area contributed by atoms with Gasteiger partial charge in [0.2, 0.25) is 0 Å². The minimum Gasteiger partial charge on any atom is -0.464 e. The first-order chi connectivity index (χ1) is 15.8. The summed E-state index contributed by atoms with van der Waals surface area (Å²) in [5.74, 6) is 0.569. The molecule has 2 aliphatic rings. The normalized spacial score (nSPS) is 19.1. The van der Waals surface area contributed by atoms with Crippen LogP contribution in [0.1, 0.15) is 62.1 Å². The van der Waals surface area contributed by atoms with Crippen molar-refractivity contribution in [2.75, 3.05) is 19.6 Å². The van der Waals surface area contributed by atoms with Crippen LogP contribution in [0.25, 0.3) is 16.5 Å². The van der Waals surface area contributed by atoms with E-state index in [-0.39, 0.29) is 11.8 Å². The lowest BCUT2D eigenvalue weighted by Gasteiger charge is -2.29. The van der Waals surface area contributed by atoms with Gasteiger partial charge in [0, 0.05) is 30.6 Å². The molecular weight excluding hydrogens is 396 g/mol. The molecule has 32 heavy (non-hydrogen) atoms. The number of nitrogens with zero attached hydrogens (tertiary/aromatic N) is 2. The third kappa shape index (κ3) is 4.71. The molecular formula is C28H32N2O2. The maximum atomic E-state index is 13.4. The van der Waals surface area contributed by atoms with Crippen molar-refractivity contribution in [1.82, 2.24) is 9.88 Å². The fourth-order valence-electron chi connectivity index (χ4n) is 5.34. The van der Waals surface area contributed by atoms with Gasteiger partial charge in [-0.25, -0.2) is 0 Å². The third-order valence-corrected chi connectivity index (χ3v) is 7.25. The van der Waals surface area contributed by atoms with Crippen LogP contribution in [-0.4, -0.2) is 35.3 Å². The van der Waals surface area contributed by atoms with Crippen LogP contribution in [-0.2, 0) is 4.79 Å². The second-order valence-electron chi connectivity index (χ2n) is 9.29. The smallest absolute Gasteiger partial charge is 0.145 e. The molecule has 1 saturated carbocycles. The first-order valence-electron chi connectivity index (χ1n) is 12.1. The quantitative estimate of drug-likeness (QED) is 0.447. The zero-order valence-electron chi connectivity index (χ0n) is 18.7. The topological polar surface area (TPSA) is 46.3 Å². The van der Waals surface area contributed by atoms with Crippen molar-refractivity contribution >= 4 is 22.3 Å². The largest absolute Gasteiger partial charge is 0.464 e. The number of hydrogen-bond acceptors (Lipinski definition) is 4. The van der Waals surface area contributed by atoms with E-state index in [2.05, 4.69) is 34.2 Å². The number of Topliss-reactive ketones (excluding diaryl/α,β-unsaturated/α-hetero) is 1. The van der Waals surface area contributed by atoms with E-state index < -0.39 is 0 Å². The molecule has 1 aromatic carbocycles. The van der Waals surface area contributed by atoms with E-state index >= 15 is 0 Å². The summed E-state index contributed by atoms with van der Waals surface area (Å²) in [6.45, 7) is 2.90. The number of fused-ring (bicyclic) bond motifs is 1. The van der Waals surface area contributed by atoms with Gasteiger partial charge in [0.1, 0.15) is 11.4 Å². The van der Waals surface area contributed by atoms with E-state index in [4.69, 9.17) is 4.42 Å². The van der Waals surface area contributed by atoms with E-state index in [1.165, 1.54) is 30.4 Å². The van der Waals surface area contributed by atoms with Crippen molar-refractivity contribution < 1.29 is 9.21 Å². The number of aromatic nitrogens is 1. The molecule has 2 aromatic heterocycles. The number of benzene rings is 1. The Bertz CT molecular complexity index is 1080. The molecule has 4 nitrogen and oxygen atoms in total. The highest BCUT2D eigenvalue weighted by atomic mass is 16.3. The van der Waals surface area contributed by atoms with Crippen LogP contribution in [0.15, 0.2) is 65.4 Å². The van der Waals surface area contributed by atoms with E-state index in [1.807, 2.05) is 30.5 Å². The SMILES string of the molecule is O=C(C1CCCCC1)C(CCN1CC=C(c2ccc3occc3c2)CC1)c1ccccn1. The lowest BCUT2D eigenvalue weighted by Crippen LogP contribution is -2.33. The van der Waals surface area contributed by atoms with E-state index in [1.54, 1.807) is 6.26 Å². The Morgan fingerprint density at radius 2 is 2.03 bits per heavy atom. The van der Waals surface area contributed by atoms with Gasteiger partial charge in [-0.2, -0.15) is 0 Å². The first kappa shape index (κ1) is 21.1. The van der Waals surface area contributed by atoms with Gasteiger partial charge in [0.05, 0.1) is 17.9 Å². The highest BCUT2D eigenvalue weighted by Gasteiger charge is 2.30. The van der Waals surface area contributed by atoms with Crippen molar-refractivity contribution in [3.8, 4) is 0 Å². The van der Waals surface area contributed by atoms with E-state index in [0.29, 0.717) is 5.78 Å². The molecule has 3 heterocycles. The molecule has 0 amide bonds. The number of carbonyl (C=O) groups is 1. The predicted molar refractivity (Wildman–Crippen MR) is 128 cm³/mol. The van der Waals surface area contributed by atoms with Crippen molar-refractivity contribution in [3.05, 3.63) is 72.3 Å². The second-order valence-corrected chi connectivity index (χ2v) is 9.29. The minimum atomic E-state index is -0.0758. The Morgan fingerprint density at radius 1 is 1.12 bits per heavy atom. The Hall–Kier alpha value is -2.72. The summed E-state index contributed by atoms with van der Waals surface area (Å²) in [4.78, 5) is 20.5. The standard InChI is InChI=1S/C28H32N2O2/c31-28(22-6-2-1-3-7-22)25(26-8-4-5-15-29-26)13-18-30-16-11-21(12-17-30)23-9-10-27-24(20-23)14-19-32-27/h4-5,8-11,14-15,19-20,22,25H,1-3,6-7,12-13,16-18H2. The fourth-order valence-corrected chi connectivity index (χ4v) is 5.34. The number of rotatable bonds is 7. The molecule has 5 rings (SSSR count). The molecule has 0 spiro atoms. The number of carbonyl (C=O) groups excluding carboxylic acids is 1. The lowest BCUT2D eigenvalue weighted by molar-refractivity contribution is -0.125. The molecule has 0 radical (unpaired) electrons. The minimum absolute atomic E-state index is 0.0758. The zero-order valence-corrected chi connectivity index (χ0v) is 18.7. The highest BCUT2D eigenvalue weighted by molar-refractivity contribution is 5.87. The van der Waals surface area contributed by atoms with Gasteiger partial charge in [-0.3, -0.25) is 14.7 Å². The molecule has 1 unspecified atom stereocenters. The summed E-state index contributed by atoms with van der Waals surface area (Å²) in [5, 5.41) is 1.16. The molecule has 1 aliphatic carbocycles. The van der Waals surface area contributed by atoms with Crippen molar-refractivity contribution in [3.63, 3.8) is 0 Å². The molecule has 166 valence electrons. The highest BCUT2D eigenvalue weighted by Crippen LogP contribution is 2.32. The molecule has 0 bridgehead atoms. The molecule has 4 heteroatoms. The summed E-state index contributed by atoms with van der Waals surface area (Å²) in [6.07, 6.45) is 13.6. The van der Waals surface area contributed by atoms with Gasteiger partial charge >= 0.3 is 0 Å². The number of hydrogen-bond donors (Lipinski definition) is 0. The van der Waals surface area contributed by atoms with E-state index in [9.17, 15) is 4.79 Å². The Balaban J connectivity index is 1.24. The zero-order chi connectivity index (χ0) is 21.8. The second kappa shape index (κ2) is 9.83. The molecule has 0 saturated heterocycles. The van der Waals surface area contributed by atoms with Crippen LogP contribution in [0.5, 0.6) is 0 Å². The number of ketones is 1. The Kier molecular flexibility index (Phi) is 6.49. The third-order valence-electron chi connectivity index (χ3n) is 7.25. The predicted octanol–water partition coefficient (Wildman–Crippen LogP) is 6.24. The van der Waals surface area contributed by atoms with Gasteiger partial charge in [-0.1, -0.05) is 37.5 Å². The van der Waals surface area contributed by atoms with Crippen LogP contribution < -0.4 is 0 Å². The van der Waals surface area contributed by atoms with E-state index in [0.717, 1.165) is 62.0 Å². The Labute approximate surface area is 190 Å². The average Bonchev–Trinajstić information content (AvgIpc) is 3.34. The Morgan fingerprint density at radius 3 is 2.81 bits per heavy atom. The molecule has 0 N–H and O–H groups in total. The summed E-state index contributed by atoms with van der Waals surface area (Å²) in [7, 11) is 0. The summed E-state index contributed by atoms with van der Waals surface area (Å²) in [6, 6.07) is 14.4. The van der Waals surface area contributed by atoms with Gasteiger partial charge < -0.3 is 4.42 Å². The van der Waals surface area contributed by atoms with Crippen LogP contribution in [0.4, 0.5) is 0 Å². The maximum absolute atomic E-state index is 13.4. The van der Waals surface area contributed by atoms with Crippen LogP contribution in [0.3, 0.4) is 0 Å². The number of furan rings is 1. The first-order valence-corrected chi connectivity index (χ1v) is 12.1. The van der Waals surface area contributed by atoms with Gasteiger partial charge in [-0.05, 0) is 73.7 Å². The average molecular weight is 429 g/mol. The molecule has 1 atom stereocenters. The summed E-state index contributed by atoms with van der Waals surface area (Å²) < 4.78 is 5.47. The van der Waals surface area contributed by atoms with Gasteiger partial charge in [0.15, 0.2) is 0 Å². The lowest BCUT2D eigenvalue weighted by atomic mass is 9.79. The van der Waals surface area contributed by atoms with Crippen molar-refractivity contribution in [2.24, 2.45) is 5.92 Å². The van der Waals surface area contributed by atoms with Crippen LogP contribution >= 0.6 is 0 Å². The van der Waals surface area contributed by atoms with Crippen LogP contribution in [0, 0.1) is 5.92 Å². The summed E-state index contributed by atoms with van der Waals surface area (Å²) in [5.41, 5.74) is 4.58. The van der Waals surface area contributed by atoms with Crippen molar-refractivity contribution in [2.45, 2.75) is 50.9 Å². The molecule has 1 aliphatic heterocycles. The monoisotopic (exact) mass is 428 g/mol. The summed E-state index contributed by atoms with van der Waals surface area (Å²) >= 11 is 0. The molecule has 1 fully saturated rings. The maximum Gasteiger partial charge on any atom is 0.145 e. The van der Waals surface area contributed by atoms with Gasteiger partial charge in [0.25, 0.3) is 0 Å². The van der Waals surface area contributed by atoms with Crippen LogP contribution in [0.2, 0.25) is 0 Å².